The van der Waals surface area contributed by atoms with Crippen molar-refractivity contribution in [2.75, 3.05) is 32.7 Å². The molecule has 110 valence electrons. The highest BCUT2D eigenvalue weighted by atomic mass is 35.5. The number of rotatable bonds is 1. The van der Waals surface area contributed by atoms with E-state index < -0.39 is 6.03 Å². The van der Waals surface area contributed by atoms with Crippen LogP contribution in [0.3, 0.4) is 0 Å². The van der Waals surface area contributed by atoms with Gasteiger partial charge in [0.25, 0.3) is 0 Å². The molecule has 2 aliphatic heterocycles. The van der Waals surface area contributed by atoms with Gasteiger partial charge in [-0.25, -0.2) is 4.79 Å². The molecule has 19 heavy (non-hydrogen) atoms. The second-order valence-electron chi connectivity index (χ2n) is 5.21. The van der Waals surface area contributed by atoms with Crippen LogP contribution < -0.4 is 11.1 Å². The summed E-state index contributed by atoms with van der Waals surface area (Å²) >= 11 is 0. The number of halogens is 1. The Hall–Kier alpha value is -1.01. The number of piperazine rings is 1. The van der Waals surface area contributed by atoms with E-state index in [9.17, 15) is 9.59 Å². The second kappa shape index (κ2) is 6.96. The molecule has 1 unspecified atom stereocenters. The van der Waals surface area contributed by atoms with Gasteiger partial charge in [0.15, 0.2) is 0 Å². The lowest BCUT2D eigenvalue weighted by molar-refractivity contribution is -0.139. The molecule has 3 amide bonds. The van der Waals surface area contributed by atoms with Crippen molar-refractivity contribution in [1.82, 2.24) is 15.1 Å². The summed E-state index contributed by atoms with van der Waals surface area (Å²) in [5.41, 5.74) is 5.29. The molecule has 2 rings (SSSR count). The Bertz CT molecular complexity index is 340. The molecule has 0 aromatic rings. The number of piperidine rings is 1. The molecular weight excluding hydrogens is 268 g/mol. The lowest BCUT2D eigenvalue weighted by Gasteiger charge is -2.39. The van der Waals surface area contributed by atoms with E-state index in [0.29, 0.717) is 13.1 Å². The number of nitrogens with two attached hydrogens (primary N) is 1. The van der Waals surface area contributed by atoms with E-state index in [2.05, 4.69) is 12.2 Å². The van der Waals surface area contributed by atoms with Gasteiger partial charge in [-0.3, -0.25) is 4.79 Å². The Kier molecular flexibility index (Phi) is 5.87. The van der Waals surface area contributed by atoms with Gasteiger partial charge in [-0.15, -0.1) is 12.4 Å². The van der Waals surface area contributed by atoms with Crippen LogP contribution in [0.5, 0.6) is 0 Å². The standard InChI is InChI=1S/C12H22N4O2.ClH/c1-9-7-14-4-6-16(9)11(17)10-3-2-5-15(8-10)12(13)18;/h9-10,14H,2-8H2,1H3,(H2,13,18);1H/t9-,10?;/m0./s1. The number of nitrogens with one attached hydrogen (secondary N) is 1. The van der Waals surface area contributed by atoms with Gasteiger partial charge in [0.1, 0.15) is 0 Å². The van der Waals surface area contributed by atoms with E-state index in [1.54, 1.807) is 4.90 Å². The number of amides is 3. The third-order valence-corrected chi connectivity index (χ3v) is 3.87. The van der Waals surface area contributed by atoms with Crippen molar-refractivity contribution in [2.45, 2.75) is 25.8 Å². The maximum atomic E-state index is 12.5. The van der Waals surface area contributed by atoms with Gasteiger partial charge in [-0.2, -0.15) is 0 Å². The first kappa shape index (κ1) is 16.0. The minimum absolute atomic E-state index is 0. The summed E-state index contributed by atoms with van der Waals surface area (Å²) in [4.78, 5) is 27.1. The lowest BCUT2D eigenvalue weighted by Crippen LogP contribution is -2.56. The third-order valence-electron chi connectivity index (χ3n) is 3.87. The van der Waals surface area contributed by atoms with Crippen LogP contribution >= 0.6 is 12.4 Å². The maximum Gasteiger partial charge on any atom is 0.314 e. The van der Waals surface area contributed by atoms with Gasteiger partial charge in [0, 0.05) is 38.8 Å². The minimum Gasteiger partial charge on any atom is -0.351 e. The van der Waals surface area contributed by atoms with Gasteiger partial charge >= 0.3 is 6.03 Å². The molecule has 7 heteroatoms. The maximum absolute atomic E-state index is 12.5. The predicted molar refractivity (Wildman–Crippen MR) is 75.2 cm³/mol. The fourth-order valence-corrected chi connectivity index (χ4v) is 2.78. The lowest BCUT2D eigenvalue weighted by atomic mass is 9.95. The summed E-state index contributed by atoms with van der Waals surface area (Å²) in [7, 11) is 0. The van der Waals surface area contributed by atoms with Crippen LogP contribution in [0.2, 0.25) is 0 Å². The highest BCUT2D eigenvalue weighted by Gasteiger charge is 2.33. The fourth-order valence-electron chi connectivity index (χ4n) is 2.78. The molecule has 0 aromatic carbocycles. The highest BCUT2D eigenvalue weighted by Crippen LogP contribution is 2.20. The van der Waals surface area contributed by atoms with Crippen LogP contribution in [0.1, 0.15) is 19.8 Å². The molecule has 2 atom stereocenters. The number of urea groups is 1. The average molecular weight is 291 g/mol. The van der Waals surface area contributed by atoms with Crippen molar-refractivity contribution in [3.05, 3.63) is 0 Å². The van der Waals surface area contributed by atoms with E-state index in [1.807, 2.05) is 4.90 Å². The normalized spacial score (nSPS) is 27.6. The zero-order valence-corrected chi connectivity index (χ0v) is 12.1. The monoisotopic (exact) mass is 290 g/mol. The third kappa shape index (κ3) is 3.73. The number of carbonyl (C=O) groups is 2. The Balaban J connectivity index is 0.00000180. The predicted octanol–water partition coefficient (Wildman–Crippen LogP) is 0.0192. The first-order valence-electron chi connectivity index (χ1n) is 6.65. The first-order chi connectivity index (χ1) is 8.59. The van der Waals surface area contributed by atoms with Gasteiger partial charge in [0.05, 0.1) is 5.92 Å². The number of carbonyl (C=O) groups excluding carboxylic acids is 2. The van der Waals surface area contributed by atoms with Crippen LogP contribution in [0.15, 0.2) is 0 Å². The van der Waals surface area contributed by atoms with Crippen molar-refractivity contribution < 1.29 is 9.59 Å². The smallest absolute Gasteiger partial charge is 0.314 e. The number of likely N-dealkylation sites (tertiary alicyclic amines) is 1. The molecule has 0 radical (unpaired) electrons. The molecule has 0 spiro atoms. The molecule has 3 N–H and O–H groups in total. The summed E-state index contributed by atoms with van der Waals surface area (Å²) in [6.07, 6.45) is 1.72. The van der Waals surface area contributed by atoms with E-state index >= 15 is 0 Å². The van der Waals surface area contributed by atoms with Crippen molar-refractivity contribution >= 4 is 24.3 Å². The molecule has 0 saturated carbocycles. The van der Waals surface area contributed by atoms with Crippen LogP contribution in [-0.4, -0.2) is 60.5 Å². The van der Waals surface area contributed by atoms with E-state index in [1.165, 1.54) is 0 Å². The molecular formula is C12H23ClN4O2. The van der Waals surface area contributed by atoms with Crippen molar-refractivity contribution in [1.29, 1.82) is 0 Å². The number of nitrogens with zero attached hydrogens (tertiary/aromatic N) is 2. The largest absolute Gasteiger partial charge is 0.351 e. The van der Waals surface area contributed by atoms with E-state index in [0.717, 1.165) is 32.5 Å². The summed E-state index contributed by atoms with van der Waals surface area (Å²) in [6.45, 7) is 5.66. The van der Waals surface area contributed by atoms with Crippen molar-refractivity contribution in [3.8, 4) is 0 Å². The number of hydrogen-bond donors (Lipinski definition) is 2. The second-order valence-corrected chi connectivity index (χ2v) is 5.21. The Morgan fingerprint density at radius 3 is 2.68 bits per heavy atom. The van der Waals surface area contributed by atoms with Gasteiger partial charge in [0.2, 0.25) is 5.91 Å². The fraction of sp³-hybridized carbons (Fsp3) is 0.833. The SMILES string of the molecule is C[C@H]1CNCCN1C(=O)C1CCCN(C(N)=O)C1.Cl. The van der Waals surface area contributed by atoms with Crippen LogP contribution in [-0.2, 0) is 4.79 Å². The van der Waals surface area contributed by atoms with Crippen molar-refractivity contribution in [2.24, 2.45) is 11.7 Å². The van der Waals surface area contributed by atoms with E-state index in [4.69, 9.17) is 5.73 Å². The van der Waals surface area contributed by atoms with Crippen LogP contribution in [0.25, 0.3) is 0 Å². The molecule has 2 heterocycles. The summed E-state index contributed by atoms with van der Waals surface area (Å²) < 4.78 is 0. The molecule has 2 aliphatic rings. The molecule has 2 saturated heterocycles. The summed E-state index contributed by atoms with van der Waals surface area (Å²) in [6, 6.07) is -0.184. The van der Waals surface area contributed by atoms with Gasteiger partial charge in [-0.05, 0) is 19.8 Å². The topological polar surface area (TPSA) is 78.7 Å². The van der Waals surface area contributed by atoms with Crippen LogP contribution in [0, 0.1) is 5.92 Å². The Labute approximate surface area is 120 Å². The number of primary amides is 1. The van der Waals surface area contributed by atoms with Gasteiger partial charge in [-0.1, -0.05) is 0 Å². The Morgan fingerprint density at radius 2 is 2.05 bits per heavy atom. The first-order valence-corrected chi connectivity index (χ1v) is 6.65. The van der Waals surface area contributed by atoms with Gasteiger partial charge < -0.3 is 20.9 Å². The molecule has 0 aromatic heterocycles. The quantitative estimate of drug-likeness (QED) is 0.714. The highest BCUT2D eigenvalue weighted by molar-refractivity contribution is 5.85. The molecule has 0 bridgehead atoms. The summed E-state index contributed by atoms with van der Waals surface area (Å²) in [5, 5.41) is 3.27. The summed E-state index contributed by atoms with van der Waals surface area (Å²) in [5.74, 6) is 0.0988. The minimum atomic E-state index is -0.416. The number of hydrogen-bond acceptors (Lipinski definition) is 3. The van der Waals surface area contributed by atoms with Crippen LogP contribution in [0.4, 0.5) is 4.79 Å². The van der Waals surface area contributed by atoms with Crippen molar-refractivity contribution in [3.63, 3.8) is 0 Å². The molecule has 0 aliphatic carbocycles. The van der Waals surface area contributed by atoms with E-state index in [-0.39, 0.29) is 30.3 Å². The molecule has 6 nitrogen and oxygen atoms in total. The molecule has 2 fully saturated rings. The average Bonchev–Trinajstić information content (AvgIpc) is 2.38. The zero-order valence-electron chi connectivity index (χ0n) is 11.3. The Morgan fingerprint density at radius 1 is 1.32 bits per heavy atom. The zero-order chi connectivity index (χ0) is 13.1.